The molecule has 0 spiro atoms. The topological polar surface area (TPSA) is 87.7 Å². The standard InChI is InChI=1S/C25H27ClN4O2/c1-15(2)25(32)28-14-17-6-8-21(26)20(11-17)24-29-22(13-23(31)30-24)18-9-10-27-19(12-18)7-5-16-3-4-16/h6,8-13,15-16H,3-5,7,14H2,1-2H3,(H,28,32)(H,29,30,31). The molecule has 2 aromatic heterocycles. The van der Waals surface area contributed by atoms with Gasteiger partial charge in [0.25, 0.3) is 5.56 Å². The van der Waals surface area contributed by atoms with E-state index in [9.17, 15) is 9.59 Å². The number of aryl methyl sites for hydroxylation is 1. The minimum Gasteiger partial charge on any atom is -0.352 e. The number of amides is 1. The summed E-state index contributed by atoms with van der Waals surface area (Å²) in [6, 6.07) is 10.8. The van der Waals surface area contributed by atoms with Crippen LogP contribution in [0, 0.1) is 11.8 Å². The van der Waals surface area contributed by atoms with Gasteiger partial charge in [0, 0.05) is 41.5 Å². The highest BCUT2D eigenvalue weighted by molar-refractivity contribution is 6.33. The van der Waals surface area contributed by atoms with Crippen molar-refractivity contribution >= 4 is 17.5 Å². The molecule has 1 saturated carbocycles. The highest BCUT2D eigenvalue weighted by Crippen LogP contribution is 2.33. The lowest BCUT2D eigenvalue weighted by atomic mass is 10.1. The second-order valence-electron chi connectivity index (χ2n) is 8.68. The molecule has 0 saturated heterocycles. The molecule has 1 aliphatic rings. The zero-order chi connectivity index (χ0) is 22.7. The number of hydrogen-bond donors (Lipinski definition) is 2. The van der Waals surface area contributed by atoms with Gasteiger partial charge in [-0.25, -0.2) is 4.98 Å². The van der Waals surface area contributed by atoms with Gasteiger partial charge in [0.1, 0.15) is 5.82 Å². The maximum atomic E-state index is 12.4. The molecular formula is C25H27ClN4O2. The van der Waals surface area contributed by atoms with Crippen molar-refractivity contribution in [3.63, 3.8) is 0 Å². The van der Waals surface area contributed by atoms with Gasteiger partial charge in [0.2, 0.25) is 5.91 Å². The van der Waals surface area contributed by atoms with Crippen LogP contribution >= 0.6 is 11.6 Å². The first-order valence-electron chi connectivity index (χ1n) is 11.0. The first-order valence-corrected chi connectivity index (χ1v) is 11.4. The number of carbonyl (C=O) groups is 1. The monoisotopic (exact) mass is 450 g/mol. The van der Waals surface area contributed by atoms with E-state index >= 15 is 0 Å². The lowest BCUT2D eigenvalue weighted by Crippen LogP contribution is -2.27. The second kappa shape index (κ2) is 9.65. The Kier molecular flexibility index (Phi) is 6.70. The smallest absolute Gasteiger partial charge is 0.251 e. The minimum atomic E-state index is -0.254. The molecule has 1 aliphatic carbocycles. The number of nitrogens with one attached hydrogen (secondary N) is 2. The maximum Gasteiger partial charge on any atom is 0.251 e. The van der Waals surface area contributed by atoms with Crippen LogP contribution < -0.4 is 10.9 Å². The molecule has 0 atom stereocenters. The minimum absolute atomic E-state index is 0.0230. The van der Waals surface area contributed by atoms with Gasteiger partial charge < -0.3 is 10.3 Å². The first kappa shape index (κ1) is 22.2. The number of carbonyl (C=O) groups excluding carboxylic acids is 1. The van der Waals surface area contributed by atoms with Crippen molar-refractivity contribution < 1.29 is 4.79 Å². The van der Waals surface area contributed by atoms with Gasteiger partial charge in [-0.2, -0.15) is 0 Å². The summed E-state index contributed by atoms with van der Waals surface area (Å²) >= 11 is 6.44. The van der Waals surface area contributed by atoms with Crippen LogP contribution in [0.2, 0.25) is 5.02 Å². The Morgan fingerprint density at radius 1 is 1.22 bits per heavy atom. The fourth-order valence-corrected chi connectivity index (χ4v) is 3.73. The normalized spacial score (nSPS) is 13.4. The third-order valence-electron chi connectivity index (χ3n) is 5.64. The van der Waals surface area contributed by atoms with Crippen LogP contribution in [0.4, 0.5) is 0 Å². The molecule has 0 bridgehead atoms. The van der Waals surface area contributed by atoms with Gasteiger partial charge in [0.05, 0.1) is 10.7 Å². The molecule has 0 aliphatic heterocycles. The summed E-state index contributed by atoms with van der Waals surface area (Å²) in [7, 11) is 0. The van der Waals surface area contributed by atoms with Crippen molar-refractivity contribution in [1.82, 2.24) is 20.3 Å². The quantitative estimate of drug-likeness (QED) is 0.517. The van der Waals surface area contributed by atoms with E-state index in [2.05, 4.69) is 15.3 Å². The summed E-state index contributed by atoms with van der Waals surface area (Å²) in [4.78, 5) is 36.3. The Hall–Kier alpha value is -2.99. The molecule has 7 heteroatoms. The number of aromatic amines is 1. The van der Waals surface area contributed by atoms with Gasteiger partial charge in [-0.05, 0) is 48.6 Å². The van der Waals surface area contributed by atoms with Crippen molar-refractivity contribution in [3.8, 4) is 22.6 Å². The van der Waals surface area contributed by atoms with Gasteiger partial charge >= 0.3 is 0 Å². The van der Waals surface area contributed by atoms with Crippen LogP contribution in [-0.2, 0) is 17.8 Å². The third kappa shape index (κ3) is 5.62. The molecule has 166 valence electrons. The number of aromatic nitrogens is 3. The number of nitrogens with zero attached hydrogens (tertiary/aromatic N) is 2. The number of H-pyrrole nitrogens is 1. The summed E-state index contributed by atoms with van der Waals surface area (Å²) in [5.74, 6) is 1.12. The van der Waals surface area contributed by atoms with Crippen LogP contribution in [0.15, 0.2) is 47.4 Å². The van der Waals surface area contributed by atoms with Gasteiger partial charge in [-0.15, -0.1) is 0 Å². The molecule has 6 nitrogen and oxygen atoms in total. The summed E-state index contributed by atoms with van der Waals surface area (Å²) in [6.45, 7) is 4.07. The zero-order valence-electron chi connectivity index (χ0n) is 18.3. The molecule has 0 radical (unpaired) electrons. The van der Waals surface area contributed by atoms with Crippen LogP contribution in [0.5, 0.6) is 0 Å². The number of pyridine rings is 1. The third-order valence-corrected chi connectivity index (χ3v) is 5.97. The Balaban J connectivity index is 1.61. The average Bonchev–Trinajstić information content (AvgIpc) is 3.61. The summed E-state index contributed by atoms with van der Waals surface area (Å²) in [5.41, 5.74) is 3.68. The van der Waals surface area contributed by atoms with Crippen LogP contribution in [-0.4, -0.2) is 20.9 Å². The van der Waals surface area contributed by atoms with E-state index in [4.69, 9.17) is 16.6 Å². The molecular weight excluding hydrogens is 424 g/mol. The fourth-order valence-electron chi connectivity index (χ4n) is 3.52. The van der Waals surface area contributed by atoms with Crippen molar-refractivity contribution in [2.75, 3.05) is 0 Å². The number of rotatable bonds is 8. The summed E-state index contributed by atoms with van der Waals surface area (Å²) in [6.07, 6.45) is 6.50. The van der Waals surface area contributed by atoms with Gasteiger partial charge in [-0.3, -0.25) is 14.6 Å². The largest absolute Gasteiger partial charge is 0.352 e. The molecule has 2 N–H and O–H groups in total. The van der Waals surface area contributed by atoms with E-state index in [1.54, 1.807) is 12.3 Å². The molecule has 1 aromatic carbocycles. The average molecular weight is 451 g/mol. The van der Waals surface area contributed by atoms with E-state index in [0.717, 1.165) is 35.6 Å². The molecule has 32 heavy (non-hydrogen) atoms. The molecule has 1 fully saturated rings. The Bertz CT molecular complexity index is 1180. The first-order chi connectivity index (χ1) is 15.4. The molecule has 3 aromatic rings. The lowest BCUT2D eigenvalue weighted by molar-refractivity contribution is -0.124. The van der Waals surface area contributed by atoms with E-state index in [1.165, 1.54) is 18.9 Å². The summed E-state index contributed by atoms with van der Waals surface area (Å²) in [5, 5.41) is 3.37. The lowest BCUT2D eigenvalue weighted by Gasteiger charge is -2.11. The molecule has 0 unspecified atom stereocenters. The van der Waals surface area contributed by atoms with Crippen LogP contribution in [0.3, 0.4) is 0 Å². The molecule has 4 rings (SSSR count). The Morgan fingerprint density at radius 3 is 2.78 bits per heavy atom. The predicted octanol–water partition coefficient (Wildman–Crippen LogP) is 4.77. The van der Waals surface area contributed by atoms with E-state index in [0.29, 0.717) is 28.6 Å². The summed E-state index contributed by atoms with van der Waals surface area (Å²) < 4.78 is 0. The van der Waals surface area contributed by atoms with E-state index in [-0.39, 0.29) is 17.4 Å². The second-order valence-corrected chi connectivity index (χ2v) is 9.09. The number of hydrogen-bond acceptors (Lipinski definition) is 4. The van der Waals surface area contributed by atoms with Crippen LogP contribution in [0.1, 0.15) is 44.4 Å². The SMILES string of the molecule is CC(C)C(=O)NCc1ccc(Cl)c(-c2nc(-c3ccnc(CCC4CC4)c3)cc(=O)[nH]2)c1. The Morgan fingerprint density at radius 2 is 2.03 bits per heavy atom. The van der Waals surface area contributed by atoms with Crippen molar-refractivity contribution in [3.05, 3.63) is 69.2 Å². The Labute approximate surface area is 192 Å². The number of benzene rings is 1. The van der Waals surface area contributed by atoms with Crippen molar-refractivity contribution in [1.29, 1.82) is 0 Å². The number of halogens is 1. The van der Waals surface area contributed by atoms with Crippen molar-refractivity contribution in [2.24, 2.45) is 11.8 Å². The zero-order valence-corrected chi connectivity index (χ0v) is 19.1. The van der Waals surface area contributed by atoms with E-state index < -0.39 is 0 Å². The van der Waals surface area contributed by atoms with E-state index in [1.807, 2.05) is 38.1 Å². The molecule has 2 heterocycles. The van der Waals surface area contributed by atoms with Gasteiger partial charge in [0.15, 0.2) is 0 Å². The predicted molar refractivity (Wildman–Crippen MR) is 126 cm³/mol. The fraction of sp³-hybridized carbons (Fsp3) is 0.360. The van der Waals surface area contributed by atoms with Gasteiger partial charge in [-0.1, -0.05) is 44.4 Å². The highest BCUT2D eigenvalue weighted by Gasteiger charge is 2.21. The van der Waals surface area contributed by atoms with Crippen molar-refractivity contribution in [2.45, 2.75) is 46.1 Å². The molecule has 1 amide bonds. The highest BCUT2D eigenvalue weighted by atomic mass is 35.5. The van der Waals surface area contributed by atoms with Crippen LogP contribution in [0.25, 0.3) is 22.6 Å². The maximum absolute atomic E-state index is 12.4.